The van der Waals surface area contributed by atoms with Crippen LogP contribution in [-0.2, 0) is 4.79 Å². The summed E-state index contributed by atoms with van der Waals surface area (Å²) in [5, 5.41) is 0.349. The molecule has 3 aliphatic rings. The third kappa shape index (κ3) is 2.02. The number of thioether (sulfide) groups is 1. The van der Waals surface area contributed by atoms with Gasteiger partial charge < -0.3 is 9.47 Å². The van der Waals surface area contributed by atoms with Crippen LogP contribution in [0.2, 0.25) is 0 Å². The number of rotatable bonds is 2. The van der Waals surface area contributed by atoms with Crippen molar-refractivity contribution in [3.05, 3.63) is 34.9 Å². The zero-order valence-corrected chi connectivity index (χ0v) is 15.4. The van der Waals surface area contributed by atoms with E-state index in [1.807, 2.05) is 11.8 Å². The molecule has 0 spiro atoms. The Balaban J connectivity index is 1.91. The molecule has 126 valence electrons. The highest BCUT2D eigenvalue weighted by Gasteiger charge is 2.47. The monoisotopic (exact) mass is 342 g/mol. The van der Waals surface area contributed by atoms with Crippen molar-refractivity contribution >= 4 is 23.1 Å². The molecular weight excluding hydrogens is 320 g/mol. The van der Waals surface area contributed by atoms with Crippen molar-refractivity contribution in [2.24, 2.45) is 5.41 Å². The fraction of sp³-hybridized carbons (Fsp3) is 0.450. The van der Waals surface area contributed by atoms with Gasteiger partial charge >= 0.3 is 0 Å². The molecule has 2 aliphatic carbocycles. The summed E-state index contributed by atoms with van der Waals surface area (Å²) in [5.74, 6) is 1.92. The van der Waals surface area contributed by atoms with E-state index in [-0.39, 0.29) is 5.41 Å². The SMILES string of the molecule is COc1cc2c(cc1OC)C1=C(C3=CCC(=O)[C@]3(C)CC1)[C@@H](C)S2. The van der Waals surface area contributed by atoms with E-state index < -0.39 is 0 Å². The summed E-state index contributed by atoms with van der Waals surface area (Å²) >= 11 is 1.85. The molecule has 3 nitrogen and oxygen atoms in total. The minimum absolute atomic E-state index is 0.276. The lowest BCUT2D eigenvalue weighted by Gasteiger charge is -2.40. The van der Waals surface area contributed by atoms with E-state index in [4.69, 9.17) is 9.47 Å². The van der Waals surface area contributed by atoms with Crippen LogP contribution in [0.15, 0.2) is 34.3 Å². The van der Waals surface area contributed by atoms with Crippen LogP contribution in [0.5, 0.6) is 11.5 Å². The Hall–Kier alpha value is -1.68. The maximum Gasteiger partial charge on any atom is 0.161 e. The number of ketones is 1. The fourth-order valence-electron chi connectivity index (χ4n) is 4.34. The van der Waals surface area contributed by atoms with Gasteiger partial charge in [-0.05, 0) is 61.1 Å². The zero-order chi connectivity index (χ0) is 17.1. The van der Waals surface area contributed by atoms with Crippen molar-refractivity contribution < 1.29 is 14.3 Å². The van der Waals surface area contributed by atoms with Gasteiger partial charge in [-0.1, -0.05) is 6.08 Å². The van der Waals surface area contributed by atoms with Gasteiger partial charge in [0.15, 0.2) is 11.5 Å². The van der Waals surface area contributed by atoms with Crippen LogP contribution in [0.25, 0.3) is 5.57 Å². The summed E-state index contributed by atoms with van der Waals surface area (Å²) in [6, 6.07) is 4.18. The molecule has 0 N–H and O–H groups in total. The molecule has 0 bridgehead atoms. The lowest BCUT2D eigenvalue weighted by molar-refractivity contribution is -0.124. The fourth-order valence-corrected chi connectivity index (χ4v) is 5.59. The maximum absolute atomic E-state index is 12.4. The lowest BCUT2D eigenvalue weighted by atomic mass is 9.67. The Morgan fingerprint density at radius 3 is 2.62 bits per heavy atom. The first-order valence-electron chi connectivity index (χ1n) is 8.40. The molecule has 0 saturated heterocycles. The first kappa shape index (κ1) is 15.8. The third-order valence-electron chi connectivity index (χ3n) is 5.71. The maximum atomic E-state index is 12.4. The predicted octanol–water partition coefficient (Wildman–Crippen LogP) is 4.65. The van der Waals surface area contributed by atoms with Crippen LogP contribution in [0, 0.1) is 5.41 Å². The zero-order valence-electron chi connectivity index (χ0n) is 14.6. The Morgan fingerprint density at radius 1 is 1.21 bits per heavy atom. The van der Waals surface area contributed by atoms with Gasteiger partial charge in [-0.2, -0.15) is 0 Å². The molecule has 4 heteroatoms. The standard InChI is InChI=1S/C20H22O3S/c1-11-19-12(7-8-20(2)14(19)5-6-18(20)21)13-9-15(22-3)16(23-4)10-17(13)24-11/h5,9-11H,6-8H2,1-4H3/t11-,20-/m1/s1. The molecule has 0 aromatic heterocycles. The van der Waals surface area contributed by atoms with Crippen LogP contribution in [-0.4, -0.2) is 25.3 Å². The Labute approximate surface area is 147 Å². The summed E-state index contributed by atoms with van der Waals surface area (Å²) < 4.78 is 11.0. The molecule has 1 aliphatic heterocycles. The largest absolute Gasteiger partial charge is 0.493 e. The molecule has 0 unspecified atom stereocenters. The Bertz CT molecular complexity index is 805. The molecule has 0 radical (unpaired) electrons. The summed E-state index contributed by atoms with van der Waals surface area (Å²) in [6.45, 7) is 4.37. The second-order valence-corrected chi connectivity index (χ2v) is 8.32. The number of hydrogen-bond donors (Lipinski definition) is 0. The Morgan fingerprint density at radius 2 is 1.92 bits per heavy atom. The number of ether oxygens (including phenoxy) is 2. The van der Waals surface area contributed by atoms with Crippen molar-refractivity contribution in [3.63, 3.8) is 0 Å². The highest BCUT2D eigenvalue weighted by Crippen LogP contribution is 2.57. The van der Waals surface area contributed by atoms with Crippen molar-refractivity contribution in [1.82, 2.24) is 0 Å². The molecule has 1 aromatic carbocycles. The molecule has 0 amide bonds. The van der Waals surface area contributed by atoms with E-state index in [2.05, 4.69) is 32.1 Å². The van der Waals surface area contributed by atoms with E-state index in [1.54, 1.807) is 14.2 Å². The number of methoxy groups -OCH3 is 2. The van der Waals surface area contributed by atoms with E-state index >= 15 is 0 Å². The van der Waals surface area contributed by atoms with E-state index in [0.717, 1.165) is 24.3 Å². The van der Waals surface area contributed by atoms with Crippen LogP contribution in [0.1, 0.15) is 38.7 Å². The van der Waals surface area contributed by atoms with E-state index in [1.165, 1.54) is 27.2 Å². The van der Waals surface area contributed by atoms with Crippen molar-refractivity contribution in [1.29, 1.82) is 0 Å². The normalized spacial score (nSPS) is 28.1. The number of Topliss-reactive ketones (excluding diaryl/α,β-unsaturated/α-hetero) is 1. The number of benzene rings is 1. The minimum atomic E-state index is -0.276. The van der Waals surface area contributed by atoms with Crippen molar-refractivity contribution in [2.45, 2.75) is 43.3 Å². The minimum Gasteiger partial charge on any atom is -0.493 e. The van der Waals surface area contributed by atoms with Gasteiger partial charge in [0, 0.05) is 16.6 Å². The number of hydrogen-bond acceptors (Lipinski definition) is 4. The van der Waals surface area contributed by atoms with Crippen LogP contribution >= 0.6 is 11.8 Å². The van der Waals surface area contributed by atoms with Gasteiger partial charge in [0.25, 0.3) is 0 Å². The van der Waals surface area contributed by atoms with Gasteiger partial charge in [0.2, 0.25) is 0 Å². The molecule has 0 fully saturated rings. The van der Waals surface area contributed by atoms with Crippen molar-refractivity contribution in [3.8, 4) is 11.5 Å². The molecule has 0 saturated carbocycles. The van der Waals surface area contributed by atoms with Crippen LogP contribution in [0.3, 0.4) is 0 Å². The number of carbonyl (C=O) groups excluding carboxylic acids is 1. The average Bonchev–Trinajstić information content (AvgIpc) is 2.88. The van der Waals surface area contributed by atoms with Crippen LogP contribution < -0.4 is 9.47 Å². The van der Waals surface area contributed by atoms with Gasteiger partial charge in [-0.25, -0.2) is 0 Å². The first-order chi connectivity index (χ1) is 11.5. The summed E-state index contributed by atoms with van der Waals surface area (Å²) in [4.78, 5) is 13.7. The Kier molecular flexibility index (Phi) is 3.57. The summed E-state index contributed by atoms with van der Waals surface area (Å²) in [6.07, 6.45) is 4.60. The quantitative estimate of drug-likeness (QED) is 0.784. The van der Waals surface area contributed by atoms with Gasteiger partial charge in [0.05, 0.1) is 19.6 Å². The molecule has 1 heterocycles. The van der Waals surface area contributed by atoms with Gasteiger partial charge in [-0.15, -0.1) is 11.8 Å². The smallest absolute Gasteiger partial charge is 0.161 e. The second-order valence-electron chi connectivity index (χ2n) is 6.93. The molecule has 4 rings (SSSR count). The average molecular weight is 342 g/mol. The van der Waals surface area contributed by atoms with Crippen LogP contribution in [0.4, 0.5) is 0 Å². The summed E-state index contributed by atoms with van der Waals surface area (Å²) in [5.41, 5.74) is 5.00. The van der Waals surface area contributed by atoms with E-state index in [0.29, 0.717) is 17.5 Å². The predicted molar refractivity (Wildman–Crippen MR) is 96.8 cm³/mol. The summed E-state index contributed by atoms with van der Waals surface area (Å²) in [7, 11) is 3.35. The topological polar surface area (TPSA) is 35.5 Å². The molecular formula is C20H22O3S. The lowest BCUT2D eigenvalue weighted by Crippen LogP contribution is -2.32. The third-order valence-corrected chi connectivity index (χ3v) is 6.89. The first-order valence-corrected chi connectivity index (χ1v) is 9.28. The molecule has 1 aromatic rings. The molecule has 24 heavy (non-hydrogen) atoms. The van der Waals surface area contributed by atoms with Gasteiger partial charge in [0.1, 0.15) is 5.78 Å². The highest BCUT2D eigenvalue weighted by atomic mass is 32.2. The van der Waals surface area contributed by atoms with E-state index in [9.17, 15) is 4.79 Å². The number of carbonyl (C=O) groups is 1. The number of fused-ring (bicyclic) bond motifs is 4. The highest BCUT2D eigenvalue weighted by molar-refractivity contribution is 8.00. The number of allylic oxidation sites excluding steroid dienone is 3. The van der Waals surface area contributed by atoms with Gasteiger partial charge in [-0.3, -0.25) is 4.79 Å². The van der Waals surface area contributed by atoms with Crippen molar-refractivity contribution in [2.75, 3.05) is 14.2 Å². The molecule has 2 atom stereocenters. The second kappa shape index (κ2) is 5.41.